The molecule has 0 fully saturated rings. The Morgan fingerprint density at radius 1 is 1.17 bits per heavy atom. The highest BCUT2D eigenvalue weighted by atomic mass is 35.5. The number of carbonyl (C=O) groups excluding carboxylic acids is 1. The molecule has 3 aromatic carbocycles. The van der Waals surface area contributed by atoms with Gasteiger partial charge in [-0.25, -0.2) is 9.18 Å². The Kier molecular flexibility index (Phi) is 5.64. The van der Waals surface area contributed by atoms with E-state index in [0.717, 1.165) is 0 Å². The summed E-state index contributed by atoms with van der Waals surface area (Å²) in [5.74, 6) is -2.04. The average Bonchev–Trinajstić information content (AvgIpc) is 3.14. The van der Waals surface area contributed by atoms with Gasteiger partial charge in [0.05, 0.1) is 5.92 Å². The molecule has 0 aliphatic carbocycles. The number of carbonyl (C=O) groups is 1. The van der Waals surface area contributed by atoms with E-state index in [-0.39, 0.29) is 39.3 Å². The van der Waals surface area contributed by atoms with E-state index in [1.165, 1.54) is 30.3 Å². The molecule has 4 aromatic rings. The van der Waals surface area contributed by atoms with Crippen LogP contribution in [0.15, 0.2) is 70.5 Å². The van der Waals surface area contributed by atoms with Crippen molar-refractivity contribution in [3.8, 4) is 17.6 Å². The molecule has 0 radical (unpaired) electrons. The lowest BCUT2D eigenvalue weighted by atomic mass is 9.83. The quantitative estimate of drug-likeness (QED) is 0.246. The molecular weight excluding hydrogens is 494 g/mol. The number of nitriles is 1. The van der Waals surface area contributed by atoms with Crippen molar-refractivity contribution >= 4 is 40.1 Å². The highest BCUT2D eigenvalue weighted by Gasteiger charge is 2.34. The Hall–Kier alpha value is -3.99. The van der Waals surface area contributed by atoms with E-state index in [1.54, 1.807) is 31.2 Å². The summed E-state index contributed by atoms with van der Waals surface area (Å²) in [5, 5.41) is 11.0. The number of halogens is 3. The van der Waals surface area contributed by atoms with Crippen molar-refractivity contribution in [2.75, 3.05) is 0 Å². The maximum absolute atomic E-state index is 14.8. The van der Waals surface area contributed by atoms with Gasteiger partial charge in [-0.2, -0.15) is 5.26 Å². The van der Waals surface area contributed by atoms with Crippen LogP contribution in [-0.2, 0) is 0 Å². The molecule has 0 spiro atoms. The Balaban J connectivity index is 1.52. The van der Waals surface area contributed by atoms with Gasteiger partial charge in [-0.3, -0.25) is 0 Å². The van der Waals surface area contributed by atoms with Crippen molar-refractivity contribution < 1.29 is 23.1 Å². The molecule has 1 atom stereocenters. The molecule has 2 heterocycles. The zero-order valence-electron chi connectivity index (χ0n) is 18.1. The summed E-state index contributed by atoms with van der Waals surface area (Å²) >= 11 is 12.3. The second kappa shape index (κ2) is 8.66. The first-order valence-electron chi connectivity index (χ1n) is 10.3. The van der Waals surface area contributed by atoms with Crippen LogP contribution < -0.4 is 15.2 Å². The fourth-order valence-electron chi connectivity index (χ4n) is 4.12. The lowest BCUT2D eigenvalue weighted by Crippen LogP contribution is -2.22. The van der Waals surface area contributed by atoms with E-state index >= 15 is 0 Å². The van der Waals surface area contributed by atoms with Gasteiger partial charge < -0.3 is 19.6 Å². The van der Waals surface area contributed by atoms with E-state index in [0.29, 0.717) is 27.1 Å². The molecule has 0 bridgehead atoms. The second-order valence-corrected chi connectivity index (χ2v) is 8.69. The summed E-state index contributed by atoms with van der Waals surface area (Å²) in [7, 11) is 0. The third-order valence-electron chi connectivity index (χ3n) is 5.77. The normalized spacial score (nSPS) is 14.9. The van der Waals surface area contributed by atoms with Crippen LogP contribution in [0.3, 0.4) is 0 Å². The molecular formula is C26H15Cl2FN2O4. The van der Waals surface area contributed by atoms with Crippen molar-refractivity contribution in [2.45, 2.75) is 12.8 Å². The Morgan fingerprint density at radius 2 is 1.97 bits per heavy atom. The first kappa shape index (κ1) is 22.8. The first-order valence-corrected chi connectivity index (χ1v) is 11.1. The van der Waals surface area contributed by atoms with Crippen molar-refractivity contribution in [3.05, 3.63) is 104 Å². The SMILES string of the molecule is Cc1c(C(=O)Oc2ccc3c(c2)OC(N)=C(C#N)C3c2c(F)cccc2Cl)oc2ccc(Cl)cc12. The second-order valence-electron chi connectivity index (χ2n) is 7.85. The Bertz CT molecular complexity index is 1580. The zero-order chi connectivity index (χ0) is 24.9. The number of hydrogen-bond donors (Lipinski definition) is 1. The molecule has 174 valence electrons. The highest BCUT2D eigenvalue weighted by molar-refractivity contribution is 6.31. The predicted molar refractivity (Wildman–Crippen MR) is 128 cm³/mol. The van der Waals surface area contributed by atoms with Gasteiger partial charge in [0.25, 0.3) is 0 Å². The fourth-order valence-corrected chi connectivity index (χ4v) is 4.57. The molecule has 0 saturated carbocycles. The molecule has 0 amide bonds. The summed E-state index contributed by atoms with van der Waals surface area (Å²) in [4.78, 5) is 12.9. The first-order chi connectivity index (χ1) is 16.8. The van der Waals surface area contributed by atoms with Crippen molar-refractivity contribution in [3.63, 3.8) is 0 Å². The van der Waals surface area contributed by atoms with Gasteiger partial charge in [-0.1, -0.05) is 35.3 Å². The summed E-state index contributed by atoms with van der Waals surface area (Å²) < 4.78 is 31.6. The number of nitrogens with two attached hydrogens (primary N) is 1. The molecule has 0 saturated heterocycles. The molecule has 9 heteroatoms. The van der Waals surface area contributed by atoms with E-state index < -0.39 is 17.7 Å². The van der Waals surface area contributed by atoms with Gasteiger partial charge in [0, 0.05) is 38.2 Å². The Labute approximate surface area is 208 Å². The van der Waals surface area contributed by atoms with Gasteiger partial charge >= 0.3 is 5.97 Å². The molecule has 1 aliphatic rings. The van der Waals surface area contributed by atoms with Gasteiger partial charge in [0.15, 0.2) is 0 Å². The van der Waals surface area contributed by atoms with Crippen LogP contribution in [0.1, 0.15) is 33.2 Å². The predicted octanol–water partition coefficient (Wildman–Crippen LogP) is 6.62. The van der Waals surface area contributed by atoms with E-state index in [2.05, 4.69) is 0 Å². The third kappa shape index (κ3) is 3.87. The number of fused-ring (bicyclic) bond motifs is 2. The van der Waals surface area contributed by atoms with Crippen LogP contribution in [0.5, 0.6) is 11.5 Å². The number of allylic oxidation sites excluding steroid dienone is 1. The topological polar surface area (TPSA) is 98.5 Å². The van der Waals surface area contributed by atoms with Crippen LogP contribution in [-0.4, -0.2) is 5.97 Å². The minimum Gasteiger partial charge on any atom is -0.449 e. The van der Waals surface area contributed by atoms with Crippen molar-refractivity contribution in [2.24, 2.45) is 5.73 Å². The van der Waals surface area contributed by atoms with Gasteiger partial charge in [-0.05, 0) is 43.3 Å². The maximum Gasteiger partial charge on any atom is 0.379 e. The van der Waals surface area contributed by atoms with Crippen LogP contribution in [0.4, 0.5) is 4.39 Å². The lowest BCUT2D eigenvalue weighted by Gasteiger charge is -2.27. The number of rotatable bonds is 3. The number of furan rings is 1. The number of benzene rings is 3. The third-order valence-corrected chi connectivity index (χ3v) is 6.34. The summed E-state index contributed by atoms with van der Waals surface area (Å²) in [6.07, 6.45) is 0. The van der Waals surface area contributed by atoms with Crippen LogP contribution in [0.2, 0.25) is 10.0 Å². The van der Waals surface area contributed by atoms with Gasteiger partial charge in [-0.15, -0.1) is 0 Å². The number of hydrogen-bond acceptors (Lipinski definition) is 6. The standard InChI is InChI=1S/C26H15Cl2FN2O4/c1-12-16-9-13(27)5-8-20(16)34-24(12)26(32)33-14-6-7-15-21(10-14)35-25(31)17(11-30)22(15)23-18(28)3-2-4-19(23)29/h2-10,22H,31H2,1H3. The highest BCUT2D eigenvalue weighted by Crippen LogP contribution is 2.46. The number of aryl methyl sites for hydroxylation is 1. The van der Waals surface area contributed by atoms with E-state index in [1.807, 2.05) is 6.07 Å². The number of ether oxygens (including phenoxy) is 2. The molecule has 35 heavy (non-hydrogen) atoms. The van der Waals surface area contributed by atoms with E-state index in [4.69, 9.17) is 42.8 Å². The lowest BCUT2D eigenvalue weighted by molar-refractivity contribution is 0.0702. The van der Waals surface area contributed by atoms with Crippen molar-refractivity contribution in [1.82, 2.24) is 0 Å². The van der Waals surface area contributed by atoms with Crippen LogP contribution >= 0.6 is 23.2 Å². The maximum atomic E-state index is 14.8. The molecule has 1 aliphatic heterocycles. The average molecular weight is 509 g/mol. The van der Waals surface area contributed by atoms with E-state index in [9.17, 15) is 14.4 Å². The monoisotopic (exact) mass is 508 g/mol. The minimum absolute atomic E-state index is 0.0193. The van der Waals surface area contributed by atoms with Gasteiger partial charge in [0.1, 0.15) is 34.5 Å². The number of esters is 1. The summed E-state index contributed by atoms with van der Waals surface area (Å²) in [5.41, 5.74) is 7.63. The van der Waals surface area contributed by atoms with Crippen LogP contribution in [0, 0.1) is 24.1 Å². The molecule has 2 N–H and O–H groups in total. The molecule has 5 rings (SSSR count). The van der Waals surface area contributed by atoms with Crippen molar-refractivity contribution in [1.29, 1.82) is 5.26 Å². The fraction of sp³-hybridized carbons (Fsp3) is 0.0769. The largest absolute Gasteiger partial charge is 0.449 e. The minimum atomic E-state index is -0.899. The summed E-state index contributed by atoms with van der Waals surface area (Å²) in [6.45, 7) is 1.73. The molecule has 1 aromatic heterocycles. The molecule has 1 unspecified atom stereocenters. The summed E-state index contributed by atoms with van der Waals surface area (Å²) in [6, 6.07) is 15.8. The zero-order valence-corrected chi connectivity index (χ0v) is 19.6. The van der Waals surface area contributed by atoms with Crippen LogP contribution in [0.25, 0.3) is 11.0 Å². The Morgan fingerprint density at radius 3 is 2.71 bits per heavy atom. The smallest absolute Gasteiger partial charge is 0.379 e. The van der Waals surface area contributed by atoms with Gasteiger partial charge in [0.2, 0.25) is 11.6 Å². The number of nitrogens with zero attached hydrogens (tertiary/aromatic N) is 1. The molecule has 6 nitrogen and oxygen atoms in total.